The van der Waals surface area contributed by atoms with E-state index >= 15 is 0 Å². The van der Waals surface area contributed by atoms with E-state index in [1.807, 2.05) is 18.2 Å². The highest BCUT2D eigenvalue weighted by atomic mass is 35.5. The number of morpholine rings is 1. The number of nitrogens with zero attached hydrogens (tertiary/aromatic N) is 1. The van der Waals surface area contributed by atoms with Crippen LogP contribution in [0.3, 0.4) is 0 Å². The predicted molar refractivity (Wildman–Crippen MR) is 100 cm³/mol. The second kappa shape index (κ2) is 9.62. The van der Waals surface area contributed by atoms with Gasteiger partial charge in [-0.2, -0.15) is 0 Å². The Kier molecular flexibility index (Phi) is 8.51. The van der Waals surface area contributed by atoms with Crippen LogP contribution in [0.2, 0.25) is 0 Å². The Morgan fingerprint density at radius 1 is 1.33 bits per heavy atom. The molecule has 1 aromatic carbocycles. The van der Waals surface area contributed by atoms with Crippen molar-refractivity contribution < 1.29 is 14.6 Å². The number of rotatable bonds is 7. The van der Waals surface area contributed by atoms with E-state index in [9.17, 15) is 5.11 Å². The number of β-amino-alcohol motifs (C(OH)–C–C–N with tert-alkyl or cyclic N) is 1. The topological polar surface area (TPSA) is 41.9 Å². The van der Waals surface area contributed by atoms with Gasteiger partial charge in [-0.1, -0.05) is 32.0 Å². The minimum atomic E-state index is -0.502. The highest BCUT2D eigenvalue weighted by Crippen LogP contribution is 2.28. The van der Waals surface area contributed by atoms with Gasteiger partial charge in [0.25, 0.3) is 0 Å². The van der Waals surface area contributed by atoms with E-state index in [1.54, 1.807) is 0 Å². The van der Waals surface area contributed by atoms with Crippen LogP contribution in [0.5, 0.6) is 5.75 Å². The third-order valence-electron chi connectivity index (χ3n) is 4.74. The van der Waals surface area contributed by atoms with Crippen LogP contribution in [0.1, 0.15) is 45.6 Å². The summed E-state index contributed by atoms with van der Waals surface area (Å²) in [5.74, 6) is 1.35. The molecule has 1 aliphatic rings. The summed E-state index contributed by atoms with van der Waals surface area (Å²) in [4.78, 5) is 2.28. The fraction of sp³-hybridized carbons (Fsp3) is 0.684. The van der Waals surface area contributed by atoms with Crippen molar-refractivity contribution in [2.24, 2.45) is 0 Å². The Bertz CT molecular complexity index is 495. The first-order valence-corrected chi connectivity index (χ1v) is 8.66. The van der Waals surface area contributed by atoms with E-state index in [0.717, 1.165) is 25.3 Å². The van der Waals surface area contributed by atoms with Crippen LogP contribution >= 0.6 is 12.4 Å². The van der Waals surface area contributed by atoms with Crippen LogP contribution in [-0.2, 0) is 4.74 Å². The molecule has 1 aromatic rings. The average Bonchev–Trinajstić information content (AvgIpc) is 2.54. The zero-order valence-electron chi connectivity index (χ0n) is 15.3. The maximum absolute atomic E-state index is 10.4. The molecule has 0 amide bonds. The van der Waals surface area contributed by atoms with Crippen molar-refractivity contribution in [1.82, 2.24) is 4.90 Å². The number of aliphatic hydroxyl groups is 1. The van der Waals surface area contributed by atoms with Crippen molar-refractivity contribution in [3.05, 3.63) is 29.8 Å². The molecule has 138 valence electrons. The number of para-hydroxylation sites is 1. The van der Waals surface area contributed by atoms with Crippen LogP contribution in [0.25, 0.3) is 0 Å². The molecule has 2 rings (SSSR count). The summed E-state index contributed by atoms with van der Waals surface area (Å²) >= 11 is 0. The molecule has 1 fully saturated rings. The number of ether oxygens (including phenoxy) is 2. The van der Waals surface area contributed by atoms with E-state index in [2.05, 4.69) is 38.7 Å². The van der Waals surface area contributed by atoms with Crippen molar-refractivity contribution in [3.8, 4) is 5.75 Å². The number of hydrogen-bond donors (Lipinski definition) is 1. The van der Waals surface area contributed by atoms with Crippen LogP contribution in [0, 0.1) is 0 Å². The molecular weight excluding hydrogens is 326 g/mol. The average molecular weight is 358 g/mol. The molecule has 1 heterocycles. The Hall–Kier alpha value is -0.810. The van der Waals surface area contributed by atoms with Crippen molar-refractivity contribution in [2.75, 3.05) is 32.9 Å². The van der Waals surface area contributed by atoms with E-state index in [4.69, 9.17) is 9.47 Å². The highest BCUT2D eigenvalue weighted by molar-refractivity contribution is 5.85. The molecule has 0 aromatic heterocycles. The van der Waals surface area contributed by atoms with E-state index in [-0.39, 0.29) is 17.9 Å². The Morgan fingerprint density at radius 3 is 2.71 bits per heavy atom. The molecule has 0 radical (unpaired) electrons. The van der Waals surface area contributed by atoms with Gasteiger partial charge in [-0.3, -0.25) is 4.90 Å². The molecule has 24 heavy (non-hydrogen) atoms. The van der Waals surface area contributed by atoms with E-state index < -0.39 is 6.10 Å². The summed E-state index contributed by atoms with van der Waals surface area (Å²) in [6, 6.07) is 8.13. The Morgan fingerprint density at radius 2 is 2.04 bits per heavy atom. The summed E-state index contributed by atoms with van der Waals surface area (Å²) in [5.41, 5.74) is 1.18. The molecule has 1 N–H and O–H groups in total. The third-order valence-corrected chi connectivity index (χ3v) is 4.74. The van der Waals surface area contributed by atoms with Gasteiger partial charge in [-0.05, 0) is 37.8 Å². The van der Waals surface area contributed by atoms with Gasteiger partial charge in [-0.15, -0.1) is 12.4 Å². The summed E-state index contributed by atoms with van der Waals surface area (Å²) in [5, 5.41) is 10.4. The van der Waals surface area contributed by atoms with E-state index in [1.165, 1.54) is 5.56 Å². The van der Waals surface area contributed by atoms with Crippen LogP contribution in [0.15, 0.2) is 24.3 Å². The fourth-order valence-corrected chi connectivity index (χ4v) is 2.96. The van der Waals surface area contributed by atoms with Gasteiger partial charge in [0.1, 0.15) is 18.5 Å². The van der Waals surface area contributed by atoms with Crippen LogP contribution < -0.4 is 4.74 Å². The summed E-state index contributed by atoms with van der Waals surface area (Å²) in [6.45, 7) is 11.9. The smallest absolute Gasteiger partial charge is 0.122 e. The number of halogens is 1. The number of benzene rings is 1. The van der Waals surface area contributed by atoms with Gasteiger partial charge in [0.15, 0.2) is 0 Å². The zero-order valence-corrected chi connectivity index (χ0v) is 16.1. The van der Waals surface area contributed by atoms with Crippen molar-refractivity contribution >= 4 is 12.4 Å². The van der Waals surface area contributed by atoms with Gasteiger partial charge in [0, 0.05) is 18.6 Å². The molecule has 2 unspecified atom stereocenters. The van der Waals surface area contributed by atoms with Gasteiger partial charge in [0.2, 0.25) is 0 Å². The van der Waals surface area contributed by atoms with Crippen molar-refractivity contribution in [3.63, 3.8) is 0 Å². The second-order valence-electron chi connectivity index (χ2n) is 7.12. The first-order chi connectivity index (χ1) is 10.9. The van der Waals surface area contributed by atoms with Gasteiger partial charge < -0.3 is 14.6 Å². The van der Waals surface area contributed by atoms with Gasteiger partial charge in [0.05, 0.1) is 13.2 Å². The minimum Gasteiger partial charge on any atom is -0.491 e. The standard InChI is InChI=1S/C19H31NO3.ClH/c1-5-15(2)17-8-6-7-9-18(17)23-13-16(21)12-20-10-11-22-14-19(20,3)4;/h6-9,15-16,21H,5,10-14H2,1-4H3;1H. The van der Waals surface area contributed by atoms with Gasteiger partial charge >= 0.3 is 0 Å². The lowest BCUT2D eigenvalue weighted by atomic mass is 9.98. The Balaban J connectivity index is 0.00000288. The normalized spacial score (nSPS) is 20.0. The molecule has 0 aliphatic carbocycles. The van der Waals surface area contributed by atoms with Crippen LogP contribution in [0.4, 0.5) is 0 Å². The Labute approximate surface area is 152 Å². The lowest BCUT2D eigenvalue weighted by Gasteiger charge is -2.42. The fourth-order valence-electron chi connectivity index (χ4n) is 2.96. The summed E-state index contributed by atoms with van der Waals surface area (Å²) in [6.07, 6.45) is 0.572. The molecule has 1 saturated heterocycles. The minimum absolute atomic E-state index is 0. The lowest BCUT2D eigenvalue weighted by Crippen LogP contribution is -2.55. The molecule has 2 atom stereocenters. The second-order valence-corrected chi connectivity index (χ2v) is 7.12. The number of hydrogen-bond acceptors (Lipinski definition) is 4. The third kappa shape index (κ3) is 5.62. The molecule has 4 nitrogen and oxygen atoms in total. The highest BCUT2D eigenvalue weighted by Gasteiger charge is 2.31. The summed E-state index contributed by atoms with van der Waals surface area (Å²) in [7, 11) is 0. The first-order valence-electron chi connectivity index (χ1n) is 8.66. The summed E-state index contributed by atoms with van der Waals surface area (Å²) < 4.78 is 11.4. The molecule has 0 bridgehead atoms. The monoisotopic (exact) mass is 357 g/mol. The zero-order chi connectivity index (χ0) is 16.9. The van der Waals surface area contributed by atoms with Crippen molar-refractivity contribution in [1.29, 1.82) is 0 Å². The predicted octanol–water partition coefficient (Wildman–Crippen LogP) is 3.47. The largest absolute Gasteiger partial charge is 0.491 e. The molecule has 1 aliphatic heterocycles. The molecule has 5 heteroatoms. The first kappa shape index (κ1) is 21.2. The molecule has 0 saturated carbocycles. The quantitative estimate of drug-likeness (QED) is 0.811. The van der Waals surface area contributed by atoms with Gasteiger partial charge in [-0.25, -0.2) is 0 Å². The maximum atomic E-state index is 10.4. The maximum Gasteiger partial charge on any atom is 0.122 e. The lowest BCUT2D eigenvalue weighted by molar-refractivity contribution is -0.0703. The van der Waals surface area contributed by atoms with E-state index in [0.29, 0.717) is 25.7 Å². The number of aliphatic hydroxyl groups excluding tert-OH is 1. The SMILES string of the molecule is CCC(C)c1ccccc1OCC(O)CN1CCOCC1(C)C.Cl. The molecule has 0 spiro atoms. The van der Waals surface area contributed by atoms with Crippen LogP contribution in [-0.4, -0.2) is 54.6 Å². The molecular formula is C19H32ClNO3. The van der Waals surface area contributed by atoms with Crippen molar-refractivity contribution in [2.45, 2.75) is 51.7 Å².